The predicted molar refractivity (Wildman–Crippen MR) is 120 cm³/mol. The lowest BCUT2D eigenvalue weighted by atomic mass is 9.97. The third-order valence-electron chi connectivity index (χ3n) is 5.61. The van der Waals surface area contributed by atoms with E-state index >= 15 is 0 Å². The minimum atomic E-state index is -0.667. The first-order valence-electron chi connectivity index (χ1n) is 10.5. The van der Waals surface area contributed by atoms with Gasteiger partial charge in [-0.25, -0.2) is 0 Å². The number of nitrogens with one attached hydrogen (secondary N) is 2. The van der Waals surface area contributed by atoms with E-state index in [1.807, 2.05) is 43.5 Å². The first-order chi connectivity index (χ1) is 15.1. The Hall–Kier alpha value is -3.51. The second-order valence-corrected chi connectivity index (χ2v) is 7.82. The maximum atomic E-state index is 12.5. The Morgan fingerprint density at radius 1 is 1.03 bits per heavy atom. The van der Waals surface area contributed by atoms with E-state index in [0.29, 0.717) is 12.2 Å². The van der Waals surface area contributed by atoms with Gasteiger partial charge in [-0.3, -0.25) is 19.5 Å². The van der Waals surface area contributed by atoms with E-state index < -0.39 is 11.8 Å². The molecule has 0 saturated carbocycles. The summed E-state index contributed by atoms with van der Waals surface area (Å²) in [5.41, 5.74) is 5.30. The standard InChI is InChI=1S/C25H26N4O2/c1-18-6-4-10-22(14-18)28-25(31)24(30)27-16-23(20-9-5-12-26-15-20)29-13-11-19-7-2-3-8-21(19)17-29/h2-10,12,14-15,23H,11,13,16-17H2,1H3,(H,27,30)(H,28,31). The van der Waals surface area contributed by atoms with Crippen molar-refractivity contribution in [2.75, 3.05) is 18.4 Å². The fourth-order valence-electron chi connectivity index (χ4n) is 3.99. The largest absolute Gasteiger partial charge is 0.346 e. The molecule has 4 rings (SSSR count). The van der Waals surface area contributed by atoms with Gasteiger partial charge in [0.1, 0.15) is 0 Å². The Labute approximate surface area is 182 Å². The number of benzene rings is 2. The van der Waals surface area contributed by atoms with Crippen molar-refractivity contribution in [1.29, 1.82) is 0 Å². The molecule has 1 unspecified atom stereocenters. The van der Waals surface area contributed by atoms with E-state index in [4.69, 9.17) is 0 Å². The van der Waals surface area contributed by atoms with Gasteiger partial charge in [-0.15, -0.1) is 0 Å². The van der Waals surface area contributed by atoms with Crippen molar-refractivity contribution >= 4 is 17.5 Å². The Balaban J connectivity index is 1.44. The van der Waals surface area contributed by atoms with Gasteiger partial charge in [-0.1, -0.05) is 42.5 Å². The summed E-state index contributed by atoms with van der Waals surface area (Å²) in [6.45, 7) is 3.93. The molecule has 2 aromatic carbocycles. The molecule has 1 atom stereocenters. The molecule has 158 valence electrons. The van der Waals surface area contributed by atoms with Crippen molar-refractivity contribution in [3.05, 3.63) is 95.3 Å². The summed E-state index contributed by atoms with van der Waals surface area (Å²) in [5, 5.41) is 5.48. The fourth-order valence-corrected chi connectivity index (χ4v) is 3.99. The van der Waals surface area contributed by atoms with Crippen LogP contribution in [-0.4, -0.2) is 34.8 Å². The second kappa shape index (κ2) is 9.53. The number of aromatic nitrogens is 1. The van der Waals surface area contributed by atoms with Gasteiger partial charge in [0.15, 0.2) is 0 Å². The number of pyridine rings is 1. The fraction of sp³-hybridized carbons (Fsp3) is 0.240. The van der Waals surface area contributed by atoms with Gasteiger partial charge >= 0.3 is 11.8 Å². The van der Waals surface area contributed by atoms with Gasteiger partial charge in [0.05, 0.1) is 6.04 Å². The number of rotatable bonds is 5. The molecule has 2 amide bonds. The van der Waals surface area contributed by atoms with Crippen LogP contribution < -0.4 is 10.6 Å². The Bertz CT molecular complexity index is 1070. The molecule has 0 fully saturated rings. The summed E-state index contributed by atoms with van der Waals surface area (Å²) < 4.78 is 0. The molecule has 31 heavy (non-hydrogen) atoms. The summed E-state index contributed by atoms with van der Waals surface area (Å²) in [4.78, 5) is 31.4. The third-order valence-corrected chi connectivity index (χ3v) is 5.61. The molecule has 2 heterocycles. The molecular weight excluding hydrogens is 388 g/mol. The van der Waals surface area contributed by atoms with Crippen LogP contribution in [0.15, 0.2) is 73.1 Å². The lowest BCUT2D eigenvalue weighted by Gasteiger charge is -2.35. The Kier molecular flexibility index (Phi) is 6.38. The SMILES string of the molecule is Cc1cccc(NC(=O)C(=O)NCC(c2cccnc2)N2CCc3ccccc3C2)c1. The summed E-state index contributed by atoms with van der Waals surface area (Å²) >= 11 is 0. The number of aryl methyl sites for hydroxylation is 1. The highest BCUT2D eigenvalue weighted by atomic mass is 16.2. The van der Waals surface area contributed by atoms with Gasteiger partial charge in [-0.05, 0) is 53.8 Å². The predicted octanol–water partition coefficient (Wildman–Crippen LogP) is 3.24. The number of anilines is 1. The normalized spacial score (nSPS) is 14.4. The van der Waals surface area contributed by atoms with E-state index in [2.05, 4.69) is 44.8 Å². The Morgan fingerprint density at radius 3 is 2.65 bits per heavy atom. The summed E-state index contributed by atoms with van der Waals surface area (Å²) in [6, 6.07) is 19.6. The number of nitrogens with zero attached hydrogens (tertiary/aromatic N) is 2. The quantitative estimate of drug-likeness (QED) is 0.629. The third kappa shape index (κ3) is 5.16. The number of carbonyl (C=O) groups excluding carboxylic acids is 2. The number of fused-ring (bicyclic) bond motifs is 1. The van der Waals surface area contributed by atoms with E-state index in [-0.39, 0.29) is 6.04 Å². The second-order valence-electron chi connectivity index (χ2n) is 7.82. The van der Waals surface area contributed by atoms with Crippen LogP contribution >= 0.6 is 0 Å². The van der Waals surface area contributed by atoms with Crippen molar-refractivity contribution in [3.8, 4) is 0 Å². The van der Waals surface area contributed by atoms with Crippen LogP contribution in [0.3, 0.4) is 0 Å². The minimum absolute atomic E-state index is 0.0715. The lowest BCUT2D eigenvalue weighted by molar-refractivity contribution is -0.136. The van der Waals surface area contributed by atoms with Crippen LogP contribution in [0.2, 0.25) is 0 Å². The molecule has 1 aliphatic rings. The molecule has 0 spiro atoms. The number of amides is 2. The summed E-state index contributed by atoms with van der Waals surface area (Å²) in [7, 11) is 0. The summed E-state index contributed by atoms with van der Waals surface area (Å²) in [5.74, 6) is -1.31. The van der Waals surface area contributed by atoms with Crippen LogP contribution in [0.4, 0.5) is 5.69 Å². The zero-order valence-electron chi connectivity index (χ0n) is 17.5. The van der Waals surface area contributed by atoms with Crippen molar-refractivity contribution in [1.82, 2.24) is 15.2 Å². The first kappa shape index (κ1) is 20.8. The van der Waals surface area contributed by atoms with E-state index in [0.717, 1.165) is 30.6 Å². The van der Waals surface area contributed by atoms with Crippen molar-refractivity contribution in [2.24, 2.45) is 0 Å². The molecule has 0 saturated heterocycles. The molecule has 3 aromatic rings. The molecular formula is C25H26N4O2. The molecule has 1 aromatic heterocycles. The lowest BCUT2D eigenvalue weighted by Crippen LogP contribution is -2.43. The van der Waals surface area contributed by atoms with Crippen LogP contribution in [0.25, 0.3) is 0 Å². The van der Waals surface area contributed by atoms with Crippen LogP contribution in [0.1, 0.15) is 28.3 Å². The average molecular weight is 415 g/mol. The van der Waals surface area contributed by atoms with E-state index in [1.54, 1.807) is 12.3 Å². The van der Waals surface area contributed by atoms with Gasteiger partial charge in [0.2, 0.25) is 0 Å². The van der Waals surface area contributed by atoms with Gasteiger partial charge in [0.25, 0.3) is 0 Å². The number of carbonyl (C=O) groups is 2. The molecule has 0 aliphatic carbocycles. The summed E-state index contributed by atoms with van der Waals surface area (Å²) in [6.07, 6.45) is 4.51. The highest BCUT2D eigenvalue weighted by molar-refractivity contribution is 6.39. The zero-order valence-corrected chi connectivity index (χ0v) is 17.5. The van der Waals surface area contributed by atoms with Gasteiger partial charge < -0.3 is 10.6 Å². The molecule has 0 radical (unpaired) electrons. The maximum Gasteiger partial charge on any atom is 0.313 e. The van der Waals surface area contributed by atoms with Crippen molar-refractivity contribution in [2.45, 2.75) is 25.9 Å². The molecule has 6 nitrogen and oxygen atoms in total. The minimum Gasteiger partial charge on any atom is -0.346 e. The number of hydrogen-bond donors (Lipinski definition) is 2. The van der Waals surface area contributed by atoms with Gasteiger partial charge in [0, 0.05) is 37.7 Å². The molecule has 0 bridgehead atoms. The van der Waals surface area contributed by atoms with E-state index in [9.17, 15) is 9.59 Å². The van der Waals surface area contributed by atoms with Gasteiger partial charge in [-0.2, -0.15) is 0 Å². The van der Waals surface area contributed by atoms with Crippen LogP contribution in [0.5, 0.6) is 0 Å². The number of hydrogen-bond acceptors (Lipinski definition) is 4. The highest BCUT2D eigenvalue weighted by Crippen LogP contribution is 2.27. The zero-order chi connectivity index (χ0) is 21.6. The molecule has 1 aliphatic heterocycles. The smallest absolute Gasteiger partial charge is 0.313 e. The van der Waals surface area contributed by atoms with Crippen LogP contribution in [0, 0.1) is 6.92 Å². The van der Waals surface area contributed by atoms with Crippen LogP contribution in [-0.2, 0) is 22.6 Å². The maximum absolute atomic E-state index is 12.5. The van der Waals surface area contributed by atoms with Crippen molar-refractivity contribution < 1.29 is 9.59 Å². The monoisotopic (exact) mass is 414 g/mol. The van der Waals surface area contributed by atoms with E-state index in [1.165, 1.54) is 11.1 Å². The first-order valence-corrected chi connectivity index (χ1v) is 10.5. The Morgan fingerprint density at radius 2 is 1.87 bits per heavy atom. The highest BCUT2D eigenvalue weighted by Gasteiger charge is 2.26. The topological polar surface area (TPSA) is 74.3 Å². The average Bonchev–Trinajstić information content (AvgIpc) is 2.79. The van der Waals surface area contributed by atoms with Crippen molar-refractivity contribution in [3.63, 3.8) is 0 Å². The molecule has 2 N–H and O–H groups in total. The molecule has 6 heteroatoms.